The molecule has 0 saturated heterocycles. The van der Waals surface area contributed by atoms with Gasteiger partial charge in [-0.2, -0.15) is 0 Å². The molecule has 0 aliphatic heterocycles. The molecule has 3 nitrogen and oxygen atoms in total. The smallest absolute Gasteiger partial charge is 0.240 e. The lowest BCUT2D eigenvalue weighted by Gasteiger charge is -2.07. The van der Waals surface area contributed by atoms with Crippen LogP contribution in [0, 0.1) is 0 Å². The highest BCUT2D eigenvalue weighted by atomic mass is 16.5. The lowest BCUT2D eigenvalue weighted by molar-refractivity contribution is 0.398. The highest BCUT2D eigenvalue weighted by molar-refractivity contribution is 5.70. The van der Waals surface area contributed by atoms with E-state index in [2.05, 4.69) is 34.2 Å². The summed E-state index contributed by atoms with van der Waals surface area (Å²) in [6, 6.07) is 18.5. The predicted octanol–water partition coefficient (Wildman–Crippen LogP) is 3.82. The molecule has 0 unspecified atom stereocenters. The minimum Gasteiger partial charge on any atom is -0.479 e. The molecule has 3 rings (SSSR count). The Morgan fingerprint density at radius 1 is 0.700 bits per heavy atom. The van der Waals surface area contributed by atoms with Crippen LogP contribution in [0.1, 0.15) is 0 Å². The SMILES string of the molecule is COc1nccnc1-c1ccc(-c2ccccc2)cc1. The molecule has 0 N–H and O–H groups in total. The van der Waals surface area contributed by atoms with Crippen LogP contribution in [-0.4, -0.2) is 17.1 Å². The van der Waals surface area contributed by atoms with Crippen molar-refractivity contribution >= 4 is 0 Å². The number of ether oxygens (including phenoxy) is 1. The van der Waals surface area contributed by atoms with Crippen LogP contribution in [0.15, 0.2) is 67.0 Å². The molecule has 0 aliphatic carbocycles. The molecular formula is C17H14N2O. The van der Waals surface area contributed by atoms with Crippen LogP contribution in [0.4, 0.5) is 0 Å². The molecule has 0 radical (unpaired) electrons. The van der Waals surface area contributed by atoms with Gasteiger partial charge in [0.2, 0.25) is 5.88 Å². The van der Waals surface area contributed by atoms with Crippen molar-refractivity contribution in [2.24, 2.45) is 0 Å². The van der Waals surface area contributed by atoms with Gasteiger partial charge in [0.25, 0.3) is 0 Å². The zero-order valence-corrected chi connectivity index (χ0v) is 11.2. The van der Waals surface area contributed by atoms with Crippen molar-refractivity contribution in [1.82, 2.24) is 9.97 Å². The van der Waals surface area contributed by atoms with Gasteiger partial charge in [-0.15, -0.1) is 0 Å². The van der Waals surface area contributed by atoms with Gasteiger partial charge in [0.15, 0.2) is 0 Å². The third-order valence-corrected chi connectivity index (χ3v) is 3.12. The Kier molecular flexibility index (Phi) is 3.42. The van der Waals surface area contributed by atoms with Crippen molar-refractivity contribution in [2.75, 3.05) is 7.11 Å². The Balaban J connectivity index is 1.98. The topological polar surface area (TPSA) is 35.0 Å². The fraction of sp³-hybridized carbons (Fsp3) is 0.0588. The quantitative estimate of drug-likeness (QED) is 0.719. The normalized spacial score (nSPS) is 10.2. The zero-order chi connectivity index (χ0) is 13.8. The van der Waals surface area contributed by atoms with Crippen molar-refractivity contribution in [3.63, 3.8) is 0 Å². The van der Waals surface area contributed by atoms with Crippen molar-refractivity contribution in [1.29, 1.82) is 0 Å². The molecule has 1 heterocycles. The maximum Gasteiger partial charge on any atom is 0.240 e. The van der Waals surface area contributed by atoms with Crippen molar-refractivity contribution in [3.05, 3.63) is 67.0 Å². The molecule has 0 spiro atoms. The Morgan fingerprint density at radius 2 is 1.30 bits per heavy atom. The van der Waals surface area contributed by atoms with Crippen molar-refractivity contribution < 1.29 is 4.74 Å². The molecule has 0 fully saturated rings. The molecule has 1 aromatic heterocycles. The predicted molar refractivity (Wildman–Crippen MR) is 79.5 cm³/mol. The van der Waals surface area contributed by atoms with Crippen LogP contribution >= 0.6 is 0 Å². The fourth-order valence-corrected chi connectivity index (χ4v) is 2.12. The second kappa shape index (κ2) is 5.53. The average Bonchev–Trinajstić information content (AvgIpc) is 2.56. The highest BCUT2D eigenvalue weighted by Crippen LogP contribution is 2.27. The van der Waals surface area contributed by atoms with Gasteiger partial charge in [-0.3, -0.25) is 0 Å². The third kappa shape index (κ3) is 2.38. The summed E-state index contributed by atoms with van der Waals surface area (Å²) in [5.74, 6) is 0.542. The third-order valence-electron chi connectivity index (χ3n) is 3.12. The molecule has 0 atom stereocenters. The summed E-state index contributed by atoms with van der Waals surface area (Å²) in [5, 5.41) is 0. The number of aromatic nitrogens is 2. The molecule has 3 aromatic rings. The molecule has 98 valence electrons. The molecule has 3 heteroatoms. The van der Waals surface area contributed by atoms with Crippen LogP contribution in [0.2, 0.25) is 0 Å². The van der Waals surface area contributed by atoms with Crippen LogP contribution in [0.3, 0.4) is 0 Å². The summed E-state index contributed by atoms with van der Waals surface area (Å²) in [5.41, 5.74) is 4.13. The Labute approximate surface area is 117 Å². The maximum atomic E-state index is 5.24. The summed E-state index contributed by atoms with van der Waals surface area (Å²) in [7, 11) is 1.60. The van der Waals surface area contributed by atoms with Crippen LogP contribution in [0.25, 0.3) is 22.4 Å². The van der Waals surface area contributed by atoms with Crippen LogP contribution < -0.4 is 4.74 Å². The first kappa shape index (κ1) is 12.4. The first-order chi connectivity index (χ1) is 9.88. The second-order valence-corrected chi connectivity index (χ2v) is 4.36. The van der Waals surface area contributed by atoms with E-state index in [9.17, 15) is 0 Å². The lowest BCUT2D eigenvalue weighted by Crippen LogP contribution is -1.93. The van der Waals surface area contributed by atoms with Gasteiger partial charge in [-0.25, -0.2) is 9.97 Å². The van der Waals surface area contributed by atoms with Gasteiger partial charge in [-0.05, 0) is 11.1 Å². The van der Waals surface area contributed by atoms with E-state index in [4.69, 9.17) is 4.74 Å². The first-order valence-corrected chi connectivity index (χ1v) is 6.39. The summed E-state index contributed by atoms with van der Waals surface area (Å²) in [6.07, 6.45) is 3.30. The van der Waals surface area contributed by atoms with Crippen molar-refractivity contribution in [3.8, 4) is 28.3 Å². The summed E-state index contributed by atoms with van der Waals surface area (Å²) in [4.78, 5) is 8.50. The monoisotopic (exact) mass is 262 g/mol. The molecule has 2 aromatic carbocycles. The van der Waals surface area contributed by atoms with Gasteiger partial charge >= 0.3 is 0 Å². The summed E-state index contributed by atoms with van der Waals surface area (Å²) >= 11 is 0. The molecule has 20 heavy (non-hydrogen) atoms. The molecule has 0 saturated carbocycles. The van der Waals surface area contributed by atoms with E-state index in [-0.39, 0.29) is 0 Å². The molecule has 0 amide bonds. The number of nitrogens with zero attached hydrogens (tertiary/aromatic N) is 2. The minimum atomic E-state index is 0.542. The molecule has 0 bridgehead atoms. The number of benzene rings is 2. The number of rotatable bonds is 3. The highest BCUT2D eigenvalue weighted by Gasteiger charge is 2.08. The largest absolute Gasteiger partial charge is 0.479 e. The van der Waals surface area contributed by atoms with Crippen LogP contribution in [-0.2, 0) is 0 Å². The Bertz CT molecular complexity index is 694. The van der Waals surface area contributed by atoms with E-state index in [0.29, 0.717) is 5.88 Å². The summed E-state index contributed by atoms with van der Waals surface area (Å²) in [6.45, 7) is 0. The van der Waals surface area contributed by atoms with Gasteiger partial charge in [0.05, 0.1) is 7.11 Å². The maximum absolute atomic E-state index is 5.24. The molecule has 0 aliphatic rings. The van der Waals surface area contributed by atoms with E-state index >= 15 is 0 Å². The average molecular weight is 262 g/mol. The standard InChI is InChI=1S/C17H14N2O/c1-20-17-16(18-11-12-19-17)15-9-7-14(8-10-15)13-5-3-2-4-6-13/h2-12H,1H3. The van der Waals surface area contributed by atoms with Crippen LogP contribution in [0.5, 0.6) is 5.88 Å². The van der Waals surface area contributed by atoms with E-state index < -0.39 is 0 Å². The van der Waals surface area contributed by atoms with E-state index in [1.807, 2.05) is 30.3 Å². The van der Waals surface area contributed by atoms with Crippen molar-refractivity contribution in [2.45, 2.75) is 0 Å². The lowest BCUT2D eigenvalue weighted by atomic mass is 10.0. The number of hydrogen-bond donors (Lipinski definition) is 0. The van der Waals surface area contributed by atoms with E-state index in [1.54, 1.807) is 19.5 Å². The van der Waals surface area contributed by atoms with E-state index in [0.717, 1.165) is 11.3 Å². The number of methoxy groups -OCH3 is 1. The zero-order valence-electron chi connectivity index (χ0n) is 11.2. The van der Waals surface area contributed by atoms with E-state index in [1.165, 1.54) is 11.1 Å². The van der Waals surface area contributed by atoms with Gasteiger partial charge in [-0.1, -0.05) is 54.6 Å². The number of hydrogen-bond acceptors (Lipinski definition) is 3. The van der Waals surface area contributed by atoms with Gasteiger partial charge < -0.3 is 4.74 Å². The minimum absolute atomic E-state index is 0.542. The Morgan fingerprint density at radius 3 is 2.00 bits per heavy atom. The second-order valence-electron chi connectivity index (χ2n) is 4.36. The first-order valence-electron chi connectivity index (χ1n) is 6.39. The van der Waals surface area contributed by atoms with Gasteiger partial charge in [0, 0.05) is 18.0 Å². The molecular weight excluding hydrogens is 248 g/mol. The Hall–Kier alpha value is -2.68. The fourth-order valence-electron chi connectivity index (χ4n) is 2.12. The van der Waals surface area contributed by atoms with Gasteiger partial charge in [0.1, 0.15) is 5.69 Å². The summed E-state index contributed by atoms with van der Waals surface area (Å²) < 4.78 is 5.24.